The third kappa shape index (κ3) is 7.23. The molecule has 0 atom stereocenters. The van der Waals surface area contributed by atoms with Gasteiger partial charge >= 0.3 is 0 Å². The van der Waals surface area contributed by atoms with Crippen LogP contribution < -0.4 is 28.8 Å². The van der Waals surface area contributed by atoms with Crippen LogP contribution in [0.4, 0.5) is 11.4 Å². The van der Waals surface area contributed by atoms with E-state index in [2.05, 4.69) is 48.1 Å². The van der Waals surface area contributed by atoms with E-state index in [4.69, 9.17) is 9.47 Å². The maximum absolute atomic E-state index is 12.6. The van der Waals surface area contributed by atoms with Gasteiger partial charge in [-0.1, -0.05) is 38.1 Å². The highest BCUT2D eigenvalue weighted by atomic mass is 16.5. The summed E-state index contributed by atoms with van der Waals surface area (Å²) in [7, 11) is 7.27. The Hall–Kier alpha value is -6.16. The van der Waals surface area contributed by atoms with Crippen molar-refractivity contribution in [2.75, 3.05) is 0 Å². The van der Waals surface area contributed by atoms with Crippen LogP contribution in [0.15, 0.2) is 132 Å². The van der Waals surface area contributed by atoms with Crippen molar-refractivity contribution in [2.45, 2.75) is 19.3 Å². The quantitative estimate of drug-likeness (QED) is 0.120. The van der Waals surface area contributed by atoms with Gasteiger partial charge < -0.3 is 19.7 Å². The summed E-state index contributed by atoms with van der Waals surface area (Å²) in [6.45, 7) is 4.35. The van der Waals surface area contributed by atoms with E-state index in [1.165, 1.54) is 0 Å². The maximum atomic E-state index is 12.6. The molecule has 0 aliphatic carbocycles. The minimum atomic E-state index is -0.310. The Bertz CT molecular complexity index is 1930. The molecule has 0 N–H and O–H groups in total. The summed E-state index contributed by atoms with van der Waals surface area (Å²) in [4.78, 5) is 8.46. The number of hydrogen-bond donors (Lipinski definition) is 0. The molecule has 10 heteroatoms. The molecule has 0 aliphatic heterocycles. The summed E-state index contributed by atoms with van der Waals surface area (Å²) in [5.74, 6) is 3.08. The summed E-state index contributed by atoms with van der Waals surface area (Å²) < 4.78 is 19.1. The number of hydrogen-bond acceptors (Lipinski definition) is 6. The van der Waals surface area contributed by atoms with Crippen LogP contribution in [0.25, 0.3) is 0 Å². The molecule has 49 heavy (non-hydrogen) atoms. The number of ether oxygens (including phenoxy) is 2. The number of aryl methyl sites for hydroxylation is 4. The van der Waals surface area contributed by atoms with Crippen LogP contribution in [-0.2, 0) is 33.6 Å². The molecule has 2 heterocycles. The van der Waals surface area contributed by atoms with Crippen LogP contribution >= 0.6 is 0 Å². The fourth-order valence-electron chi connectivity index (χ4n) is 5.61. The Labute approximate surface area is 285 Å². The molecular weight excluding hydrogens is 616 g/mol. The topological polar surface area (TPSA) is 107 Å². The first kappa shape index (κ1) is 32.8. The zero-order valence-electron chi connectivity index (χ0n) is 28.4. The molecule has 6 aromatic rings. The van der Waals surface area contributed by atoms with Gasteiger partial charge in [0.1, 0.15) is 47.8 Å². The highest BCUT2D eigenvalue weighted by Crippen LogP contribution is 2.35. The van der Waals surface area contributed by atoms with Crippen LogP contribution in [0.1, 0.15) is 36.6 Å². The highest BCUT2D eigenvalue weighted by Gasteiger charge is 2.23. The largest absolute Gasteiger partial charge is 0.853 e. The number of imidazole rings is 2. The Morgan fingerprint density at radius 1 is 0.551 bits per heavy atom. The van der Waals surface area contributed by atoms with E-state index < -0.39 is 0 Å². The summed E-state index contributed by atoms with van der Waals surface area (Å²) in [5, 5.41) is 25.2. The predicted octanol–water partition coefficient (Wildman–Crippen LogP) is 4.80. The molecule has 0 radical (unpaired) electrons. The first-order valence-electron chi connectivity index (χ1n) is 15.8. The number of nitrogens with zero attached hydrogens (tertiary/aromatic N) is 6. The zero-order chi connectivity index (χ0) is 34.7. The Morgan fingerprint density at radius 3 is 1.14 bits per heavy atom. The molecule has 0 unspecified atom stereocenters. The van der Waals surface area contributed by atoms with Crippen LogP contribution in [0.2, 0.25) is 0 Å². The fourth-order valence-corrected chi connectivity index (χ4v) is 5.61. The van der Waals surface area contributed by atoms with Gasteiger partial charge in [-0.05, 0) is 83.9 Å². The molecule has 2 aromatic heterocycles. The number of aliphatic imine (C=N–C) groups is 2. The van der Waals surface area contributed by atoms with E-state index in [-0.39, 0.29) is 17.2 Å². The van der Waals surface area contributed by atoms with Crippen molar-refractivity contribution in [3.8, 4) is 23.0 Å². The Morgan fingerprint density at radius 2 is 0.857 bits per heavy atom. The number of benzene rings is 4. The van der Waals surface area contributed by atoms with Crippen molar-refractivity contribution in [1.82, 2.24) is 9.13 Å². The zero-order valence-corrected chi connectivity index (χ0v) is 28.4. The van der Waals surface area contributed by atoms with Crippen LogP contribution in [0.5, 0.6) is 23.0 Å². The lowest BCUT2D eigenvalue weighted by molar-refractivity contribution is -0.674. The van der Waals surface area contributed by atoms with Crippen LogP contribution in [0, 0.1) is 0 Å². The lowest BCUT2D eigenvalue weighted by atomic mass is 9.78. The third-order valence-corrected chi connectivity index (χ3v) is 8.50. The van der Waals surface area contributed by atoms with E-state index in [1.807, 2.05) is 77.2 Å². The molecular formula is C39H38N6O4. The van der Waals surface area contributed by atoms with Gasteiger partial charge in [0.05, 0.1) is 51.4 Å². The van der Waals surface area contributed by atoms with Crippen LogP contribution in [-0.4, -0.2) is 20.9 Å². The maximum Gasteiger partial charge on any atom is 0.292 e. The molecule has 10 nitrogen and oxygen atoms in total. The Balaban J connectivity index is 1.07. The first-order chi connectivity index (χ1) is 23.5. The number of rotatable bonds is 10. The third-order valence-electron chi connectivity index (χ3n) is 8.50. The van der Waals surface area contributed by atoms with Gasteiger partial charge in [0.2, 0.25) is 0 Å². The van der Waals surface area contributed by atoms with Crippen molar-refractivity contribution in [3.63, 3.8) is 0 Å². The lowest BCUT2D eigenvalue weighted by Crippen LogP contribution is -2.39. The van der Waals surface area contributed by atoms with E-state index in [1.54, 1.807) is 66.8 Å². The van der Waals surface area contributed by atoms with Gasteiger partial charge in [0, 0.05) is 5.41 Å². The standard InChI is InChI=1S/C39H38N6O4/c1-39(2,27-7-15-31(16-8-27)48-33-19-11-29(12-20-33)40-35(46)37-42(3)23-24-43(37)4)28-9-17-32(18-10-28)49-34-21-13-30(14-22-34)41-36(47)38-44(5)25-26-45(38)6/h7-26H,1-6H3. The van der Waals surface area contributed by atoms with Gasteiger partial charge in [-0.15, -0.1) is 0 Å². The van der Waals surface area contributed by atoms with Gasteiger partial charge in [0.15, 0.2) is 0 Å². The average Bonchev–Trinajstić information content (AvgIpc) is 3.61. The summed E-state index contributed by atoms with van der Waals surface area (Å²) in [5.41, 5.74) is 3.11. The van der Waals surface area contributed by atoms with Crippen molar-refractivity contribution in [1.29, 1.82) is 0 Å². The van der Waals surface area contributed by atoms with Crippen molar-refractivity contribution >= 4 is 23.2 Å². The molecule has 0 bridgehead atoms. The van der Waals surface area contributed by atoms with Crippen molar-refractivity contribution < 1.29 is 28.8 Å². The first-order valence-corrected chi connectivity index (χ1v) is 15.8. The highest BCUT2D eigenvalue weighted by molar-refractivity contribution is 5.88. The monoisotopic (exact) mass is 654 g/mol. The second kappa shape index (κ2) is 13.5. The van der Waals surface area contributed by atoms with Gasteiger partial charge in [-0.25, -0.2) is 18.3 Å². The second-order valence-corrected chi connectivity index (χ2v) is 12.4. The second-order valence-electron chi connectivity index (χ2n) is 12.4. The van der Waals surface area contributed by atoms with E-state index in [9.17, 15) is 10.2 Å². The fraction of sp³-hybridized carbons (Fsp3) is 0.179. The van der Waals surface area contributed by atoms with E-state index in [0.717, 1.165) is 11.1 Å². The lowest BCUT2D eigenvalue weighted by Gasteiger charge is -2.26. The van der Waals surface area contributed by atoms with Crippen molar-refractivity contribution in [3.05, 3.63) is 145 Å². The van der Waals surface area contributed by atoms with Gasteiger partial charge in [0.25, 0.3) is 11.6 Å². The van der Waals surface area contributed by atoms with Gasteiger partial charge in [-0.3, -0.25) is 9.98 Å². The normalized spacial score (nSPS) is 12.3. The molecule has 248 valence electrons. The molecule has 4 aromatic carbocycles. The summed E-state index contributed by atoms with van der Waals surface area (Å²) in [6, 6.07) is 30.3. The average molecular weight is 655 g/mol. The van der Waals surface area contributed by atoms with E-state index in [0.29, 0.717) is 46.0 Å². The van der Waals surface area contributed by atoms with Gasteiger partial charge in [-0.2, -0.15) is 0 Å². The molecule has 0 spiro atoms. The predicted molar refractivity (Wildman–Crippen MR) is 184 cm³/mol. The Kier molecular flexibility index (Phi) is 9.04. The SMILES string of the molecule is Cn1cc[n+](C)c1/C([O-])=N/c1ccc(Oc2ccc(C(C)(C)c3ccc(Oc4ccc(/N=C(\[O-])c5n(C)cc[n+]5C)cc4)cc3)cc2)cc1. The molecule has 0 saturated carbocycles. The molecule has 0 fully saturated rings. The minimum absolute atomic E-state index is 0.271. The van der Waals surface area contributed by atoms with E-state index >= 15 is 0 Å². The molecule has 0 amide bonds. The minimum Gasteiger partial charge on any atom is -0.853 e. The summed E-state index contributed by atoms with van der Waals surface area (Å²) in [6.07, 6.45) is 7.27. The van der Waals surface area contributed by atoms with Crippen molar-refractivity contribution in [2.24, 2.45) is 38.2 Å². The van der Waals surface area contributed by atoms with Crippen LogP contribution in [0.3, 0.4) is 0 Å². The smallest absolute Gasteiger partial charge is 0.292 e. The molecule has 6 rings (SSSR count). The molecule has 0 aliphatic rings. The molecule has 0 saturated heterocycles. The summed E-state index contributed by atoms with van der Waals surface area (Å²) >= 11 is 0. The number of aromatic nitrogens is 4.